The van der Waals surface area contributed by atoms with Crippen molar-refractivity contribution in [3.63, 3.8) is 0 Å². The summed E-state index contributed by atoms with van der Waals surface area (Å²) in [6.45, 7) is 0.347. The molecule has 1 rings (SSSR count). The smallest absolute Gasteiger partial charge is 0.422 e. The third-order valence-electron chi connectivity index (χ3n) is 2.58. The Hall–Kier alpha value is -1.27. The number of carbonyl (C=O) groups is 2. The molecule has 15 heavy (non-hydrogen) atoms. The number of amides is 1. The molecule has 4 nitrogen and oxygen atoms in total. The molecule has 0 saturated carbocycles. The van der Waals surface area contributed by atoms with E-state index in [1.165, 1.54) is 0 Å². The molecule has 1 fully saturated rings. The second kappa shape index (κ2) is 3.39. The summed E-state index contributed by atoms with van der Waals surface area (Å²) in [6, 6.07) is 0. The summed E-state index contributed by atoms with van der Waals surface area (Å²) in [5.74, 6) is -2.82. The fraction of sp³-hybridized carbons (Fsp3) is 0.750. The maximum absolute atomic E-state index is 12.6. The maximum atomic E-state index is 12.6. The standard InChI is InChI=1S/C8H10F3NO3/c1-7(6(14)15,8(9,10)11)12-4-2-3-5(12)13/h2-4H2,1H3,(H,14,15). The Morgan fingerprint density at radius 1 is 1.47 bits per heavy atom. The zero-order chi connectivity index (χ0) is 11.9. The summed E-state index contributed by atoms with van der Waals surface area (Å²) in [6.07, 6.45) is -4.74. The van der Waals surface area contributed by atoms with Gasteiger partial charge in [-0.05, 0) is 13.3 Å². The van der Waals surface area contributed by atoms with Crippen LogP contribution in [0.3, 0.4) is 0 Å². The minimum Gasteiger partial charge on any atom is -0.479 e. The lowest BCUT2D eigenvalue weighted by atomic mass is 10.00. The Balaban J connectivity index is 3.12. The fourth-order valence-corrected chi connectivity index (χ4v) is 1.51. The van der Waals surface area contributed by atoms with Gasteiger partial charge in [0.05, 0.1) is 0 Å². The molecule has 0 aromatic rings. The van der Waals surface area contributed by atoms with Gasteiger partial charge in [-0.3, -0.25) is 4.79 Å². The van der Waals surface area contributed by atoms with E-state index in [0.29, 0.717) is 11.8 Å². The zero-order valence-electron chi connectivity index (χ0n) is 7.97. The van der Waals surface area contributed by atoms with Crippen LogP contribution in [-0.2, 0) is 9.59 Å². The van der Waals surface area contributed by atoms with Crippen LogP contribution < -0.4 is 0 Å². The second-order valence-corrected chi connectivity index (χ2v) is 3.52. The number of hydrogen-bond acceptors (Lipinski definition) is 2. The van der Waals surface area contributed by atoms with Gasteiger partial charge in [0.2, 0.25) is 11.4 Å². The van der Waals surface area contributed by atoms with E-state index in [9.17, 15) is 22.8 Å². The molecule has 1 amide bonds. The van der Waals surface area contributed by atoms with Gasteiger partial charge in [-0.15, -0.1) is 0 Å². The minimum absolute atomic E-state index is 0.0288. The van der Waals surface area contributed by atoms with Crippen molar-refractivity contribution in [1.82, 2.24) is 4.90 Å². The number of halogens is 3. The lowest BCUT2D eigenvalue weighted by Gasteiger charge is -2.36. The van der Waals surface area contributed by atoms with Crippen molar-refractivity contribution < 1.29 is 27.9 Å². The van der Waals surface area contributed by atoms with Crippen molar-refractivity contribution in [2.45, 2.75) is 31.5 Å². The van der Waals surface area contributed by atoms with E-state index < -0.39 is 23.6 Å². The zero-order valence-corrected chi connectivity index (χ0v) is 7.97. The summed E-state index contributed by atoms with van der Waals surface area (Å²) in [7, 11) is 0. The second-order valence-electron chi connectivity index (χ2n) is 3.52. The molecule has 0 aliphatic carbocycles. The Labute approximate surface area is 83.7 Å². The highest BCUT2D eigenvalue weighted by atomic mass is 19.4. The number of alkyl halides is 3. The van der Waals surface area contributed by atoms with Gasteiger partial charge in [0.25, 0.3) is 0 Å². The normalized spacial score (nSPS) is 21.6. The van der Waals surface area contributed by atoms with Crippen molar-refractivity contribution in [2.24, 2.45) is 0 Å². The third-order valence-corrected chi connectivity index (χ3v) is 2.58. The van der Waals surface area contributed by atoms with Crippen LogP contribution in [-0.4, -0.2) is 40.1 Å². The van der Waals surface area contributed by atoms with Gasteiger partial charge in [0.15, 0.2) is 0 Å². The van der Waals surface area contributed by atoms with E-state index in [1.807, 2.05) is 0 Å². The first-order chi connectivity index (χ1) is 6.71. The molecule has 0 spiro atoms. The molecule has 1 heterocycles. The van der Waals surface area contributed by atoms with Crippen LogP contribution >= 0.6 is 0 Å². The Morgan fingerprint density at radius 2 is 2.00 bits per heavy atom. The summed E-state index contributed by atoms with van der Waals surface area (Å²) in [5, 5.41) is 8.63. The van der Waals surface area contributed by atoms with Crippen molar-refractivity contribution in [1.29, 1.82) is 0 Å². The molecule has 1 unspecified atom stereocenters. The molecule has 0 aromatic heterocycles. The molecule has 1 saturated heterocycles. The Bertz CT molecular complexity index is 302. The van der Waals surface area contributed by atoms with Crippen molar-refractivity contribution in [3.8, 4) is 0 Å². The van der Waals surface area contributed by atoms with Crippen LogP contribution in [0.1, 0.15) is 19.8 Å². The molecule has 86 valence electrons. The van der Waals surface area contributed by atoms with E-state index in [-0.39, 0.29) is 19.4 Å². The molecule has 0 radical (unpaired) electrons. The molecule has 1 atom stereocenters. The quantitative estimate of drug-likeness (QED) is 0.763. The minimum atomic E-state index is -4.97. The molecule has 1 N–H and O–H groups in total. The molecular weight excluding hydrogens is 215 g/mol. The summed E-state index contributed by atoms with van der Waals surface area (Å²) < 4.78 is 37.8. The average Bonchev–Trinajstić information content (AvgIpc) is 2.47. The molecule has 0 bridgehead atoms. The highest BCUT2D eigenvalue weighted by Crippen LogP contribution is 2.37. The lowest BCUT2D eigenvalue weighted by Crippen LogP contribution is -2.62. The molecule has 7 heteroatoms. The number of aliphatic carboxylic acids is 1. The van der Waals surface area contributed by atoms with E-state index in [0.717, 1.165) is 0 Å². The van der Waals surface area contributed by atoms with E-state index >= 15 is 0 Å². The Morgan fingerprint density at radius 3 is 2.27 bits per heavy atom. The SMILES string of the molecule is CC(C(=O)O)(N1CCCC1=O)C(F)(F)F. The topological polar surface area (TPSA) is 57.6 Å². The highest BCUT2D eigenvalue weighted by molar-refractivity contribution is 5.88. The number of likely N-dealkylation sites (tertiary alicyclic amines) is 1. The number of carboxylic acids is 1. The van der Waals surface area contributed by atoms with Crippen LogP contribution in [0.4, 0.5) is 13.2 Å². The van der Waals surface area contributed by atoms with Gasteiger partial charge in [-0.2, -0.15) is 13.2 Å². The van der Waals surface area contributed by atoms with Crippen LogP contribution in [0.2, 0.25) is 0 Å². The third kappa shape index (κ3) is 1.66. The van der Waals surface area contributed by atoms with Crippen molar-refractivity contribution >= 4 is 11.9 Å². The first-order valence-electron chi connectivity index (χ1n) is 4.32. The van der Waals surface area contributed by atoms with Gasteiger partial charge in [0, 0.05) is 13.0 Å². The van der Waals surface area contributed by atoms with Crippen LogP contribution in [0.15, 0.2) is 0 Å². The number of carboxylic acid groups (broad SMARTS) is 1. The number of hydrogen-bond donors (Lipinski definition) is 1. The average molecular weight is 225 g/mol. The first kappa shape index (κ1) is 11.8. The van der Waals surface area contributed by atoms with Gasteiger partial charge >= 0.3 is 12.1 Å². The molecular formula is C8H10F3NO3. The van der Waals surface area contributed by atoms with E-state index in [2.05, 4.69) is 0 Å². The van der Waals surface area contributed by atoms with Crippen molar-refractivity contribution in [3.05, 3.63) is 0 Å². The van der Waals surface area contributed by atoms with Crippen LogP contribution in [0.25, 0.3) is 0 Å². The van der Waals surface area contributed by atoms with Gasteiger partial charge in [0.1, 0.15) is 0 Å². The molecule has 0 aromatic carbocycles. The largest absolute Gasteiger partial charge is 0.479 e. The highest BCUT2D eigenvalue weighted by Gasteiger charge is 2.63. The maximum Gasteiger partial charge on any atom is 0.422 e. The van der Waals surface area contributed by atoms with Crippen LogP contribution in [0, 0.1) is 0 Å². The van der Waals surface area contributed by atoms with Gasteiger partial charge in [-0.25, -0.2) is 4.79 Å². The lowest BCUT2D eigenvalue weighted by molar-refractivity contribution is -0.230. The molecule has 1 aliphatic heterocycles. The number of carbonyl (C=O) groups excluding carboxylic acids is 1. The summed E-state index contributed by atoms with van der Waals surface area (Å²) in [5.41, 5.74) is -3.11. The van der Waals surface area contributed by atoms with Gasteiger partial charge < -0.3 is 10.0 Å². The fourth-order valence-electron chi connectivity index (χ4n) is 1.51. The first-order valence-corrected chi connectivity index (χ1v) is 4.32. The predicted molar refractivity (Wildman–Crippen MR) is 43.0 cm³/mol. The van der Waals surface area contributed by atoms with Gasteiger partial charge in [-0.1, -0.05) is 0 Å². The van der Waals surface area contributed by atoms with Crippen LogP contribution in [0.5, 0.6) is 0 Å². The summed E-state index contributed by atoms with van der Waals surface area (Å²) in [4.78, 5) is 22.2. The summed E-state index contributed by atoms with van der Waals surface area (Å²) >= 11 is 0. The number of rotatable bonds is 2. The molecule has 1 aliphatic rings. The predicted octanol–water partition coefficient (Wildman–Crippen LogP) is 1.01. The Kier molecular flexibility index (Phi) is 2.67. The van der Waals surface area contributed by atoms with E-state index in [4.69, 9.17) is 5.11 Å². The number of nitrogens with zero attached hydrogens (tertiary/aromatic N) is 1. The van der Waals surface area contributed by atoms with E-state index in [1.54, 1.807) is 0 Å². The van der Waals surface area contributed by atoms with Crippen molar-refractivity contribution in [2.75, 3.05) is 6.54 Å². The monoisotopic (exact) mass is 225 g/mol.